The van der Waals surface area contributed by atoms with E-state index in [1.54, 1.807) is 29.6 Å². The molecule has 0 fully saturated rings. The van der Waals surface area contributed by atoms with E-state index in [0.29, 0.717) is 5.56 Å². The first kappa shape index (κ1) is 27.4. The van der Waals surface area contributed by atoms with Crippen LogP contribution in [-0.4, -0.2) is 54.3 Å². The van der Waals surface area contributed by atoms with Crippen LogP contribution in [0.2, 0.25) is 0 Å². The van der Waals surface area contributed by atoms with Gasteiger partial charge in [-0.15, -0.1) is 23.5 Å². The third-order valence-electron chi connectivity index (χ3n) is 5.13. The molecule has 0 radical (unpaired) electrons. The van der Waals surface area contributed by atoms with Gasteiger partial charge in [-0.3, -0.25) is 8.80 Å². The van der Waals surface area contributed by atoms with E-state index in [0.717, 1.165) is 51.1 Å². The summed E-state index contributed by atoms with van der Waals surface area (Å²) in [6.07, 6.45) is 11.4. The molecule has 0 aliphatic heterocycles. The molecule has 0 aliphatic carbocycles. The van der Waals surface area contributed by atoms with Crippen LogP contribution in [-0.2, 0) is 4.74 Å². The summed E-state index contributed by atoms with van der Waals surface area (Å²) in [5, 5.41) is 1.80. The van der Waals surface area contributed by atoms with Crippen LogP contribution in [0.5, 0.6) is 0 Å². The van der Waals surface area contributed by atoms with Crippen LogP contribution < -0.4 is 0 Å². The number of thioether (sulfide) groups is 2. The Kier molecular flexibility index (Phi) is 8.96. The van der Waals surface area contributed by atoms with Crippen LogP contribution in [0.3, 0.4) is 0 Å². The second kappa shape index (κ2) is 11.8. The fraction of sp³-hybridized carbons (Fsp3) is 0.174. The highest BCUT2D eigenvalue weighted by Crippen LogP contribution is 2.28. The maximum Gasteiger partial charge on any atom is 0.338 e. The van der Waals surface area contributed by atoms with Gasteiger partial charge in [-0.05, 0) is 91.6 Å². The number of aromatic nitrogens is 6. The second-order valence-corrected chi connectivity index (χ2v) is 11.6. The maximum atomic E-state index is 11.7. The number of hydrogen-bond donors (Lipinski definition) is 0. The molecule has 0 spiro atoms. The molecule has 0 saturated carbocycles. The van der Waals surface area contributed by atoms with E-state index in [1.807, 2.05) is 65.2 Å². The number of carbonyl (C=O) groups excluding carboxylic acids is 1. The molecule has 1 aromatic carbocycles. The fourth-order valence-electron chi connectivity index (χ4n) is 3.49. The van der Waals surface area contributed by atoms with Crippen LogP contribution >= 0.6 is 78.0 Å². The molecule has 186 valence electrons. The predicted molar refractivity (Wildman–Crippen MR) is 159 cm³/mol. The molecule has 4 heterocycles. The molecular formula is C23H19Br2IN6O2S2. The van der Waals surface area contributed by atoms with Gasteiger partial charge < -0.3 is 4.74 Å². The van der Waals surface area contributed by atoms with Crippen molar-refractivity contribution >= 4 is 95.2 Å². The van der Waals surface area contributed by atoms with Gasteiger partial charge in [-0.1, -0.05) is 6.07 Å². The Bertz CT molecular complexity index is 1590. The first-order chi connectivity index (χ1) is 17.3. The minimum absolute atomic E-state index is 0.330. The average Bonchev–Trinajstić information content (AvgIpc) is 3.46. The summed E-state index contributed by atoms with van der Waals surface area (Å²) in [6.45, 7) is 1.89. The highest BCUT2D eigenvalue weighted by atomic mass is 127. The maximum absolute atomic E-state index is 11.7. The molecule has 4 aromatic heterocycles. The number of ether oxygens (including phenoxy) is 1. The first-order valence-corrected chi connectivity index (χ1v) is 15.4. The fourth-order valence-corrected chi connectivity index (χ4v) is 6.04. The number of esters is 1. The molecule has 8 nitrogen and oxygen atoms in total. The lowest BCUT2D eigenvalue weighted by Gasteiger charge is -2.08. The number of halogens is 3. The third kappa shape index (κ3) is 5.59. The molecule has 0 aliphatic rings. The number of methoxy groups -OCH3 is 1. The SMILES string of the molecule is COC(=O)c1ccc(-c2cnc3c(SC)nc(Br)cn23)cc1C.CSc1nc(Br)cn2c(I)cnc12. The van der Waals surface area contributed by atoms with Gasteiger partial charge in [0.15, 0.2) is 11.3 Å². The number of fused-ring (bicyclic) bond motifs is 2. The number of aryl methyl sites for hydroxylation is 1. The van der Waals surface area contributed by atoms with E-state index in [1.165, 1.54) is 7.11 Å². The highest BCUT2D eigenvalue weighted by molar-refractivity contribution is 14.1. The number of nitrogens with zero attached hydrogens (tertiary/aromatic N) is 6. The molecule has 0 bridgehead atoms. The van der Waals surface area contributed by atoms with Crippen molar-refractivity contribution < 1.29 is 9.53 Å². The topological polar surface area (TPSA) is 86.7 Å². The summed E-state index contributed by atoms with van der Waals surface area (Å²) in [6, 6.07) is 5.64. The zero-order chi connectivity index (χ0) is 26.0. The second-order valence-electron chi connectivity index (χ2n) is 7.28. The van der Waals surface area contributed by atoms with Crippen molar-refractivity contribution in [3.8, 4) is 11.3 Å². The van der Waals surface area contributed by atoms with E-state index in [4.69, 9.17) is 4.74 Å². The predicted octanol–water partition coefficient (Wildman–Crippen LogP) is 6.79. The Morgan fingerprint density at radius 1 is 0.972 bits per heavy atom. The molecule has 0 atom stereocenters. The molecule has 0 saturated heterocycles. The van der Waals surface area contributed by atoms with Crippen molar-refractivity contribution in [1.82, 2.24) is 28.7 Å². The molecule has 5 rings (SSSR count). The van der Waals surface area contributed by atoms with Crippen LogP contribution in [0.4, 0.5) is 0 Å². The number of imidazole rings is 2. The van der Waals surface area contributed by atoms with Gasteiger partial charge in [0.25, 0.3) is 0 Å². The van der Waals surface area contributed by atoms with E-state index in [9.17, 15) is 4.79 Å². The van der Waals surface area contributed by atoms with Gasteiger partial charge in [0.05, 0.1) is 30.8 Å². The van der Waals surface area contributed by atoms with E-state index in [-0.39, 0.29) is 5.97 Å². The van der Waals surface area contributed by atoms with Crippen LogP contribution in [0.1, 0.15) is 15.9 Å². The molecule has 0 N–H and O–H groups in total. The lowest BCUT2D eigenvalue weighted by molar-refractivity contribution is 0.0600. The summed E-state index contributed by atoms with van der Waals surface area (Å²) in [5.74, 6) is -0.330. The molecule has 5 aromatic rings. The van der Waals surface area contributed by atoms with E-state index < -0.39 is 0 Å². The van der Waals surface area contributed by atoms with Gasteiger partial charge in [-0.25, -0.2) is 24.7 Å². The van der Waals surface area contributed by atoms with Crippen LogP contribution in [0.25, 0.3) is 22.6 Å². The van der Waals surface area contributed by atoms with Crippen molar-refractivity contribution in [1.29, 1.82) is 0 Å². The number of hydrogen-bond acceptors (Lipinski definition) is 8. The normalized spacial score (nSPS) is 11.0. The van der Waals surface area contributed by atoms with Gasteiger partial charge in [0.1, 0.15) is 23.0 Å². The molecule has 0 amide bonds. The minimum Gasteiger partial charge on any atom is -0.465 e. The van der Waals surface area contributed by atoms with Crippen molar-refractivity contribution in [3.63, 3.8) is 0 Å². The lowest BCUT2D eigenvalue weighted by atomic mass is 10.0. The Hall–Kier alpha value is -1.68. The Balaban J connectivity index is 0.000000197. The quantitative estimate of drug-likeness (QED) is 0.113. The van der Waals surface area contributed by atoms with Gasteiger partial charge in [0.2, 0.25) is 0 Å². The van der Waals surface area contributed by atoms with Crippen molar-refractivity contribution in [2.75, 3.05) is 19.6 Å². The number of carbonyl (C=O) groups is 1. The summed E-state index contributed by atoms with van der Waals surface area (Å²) in [5.41, 5.74) is 5.08. The number of rotatable bonds is 4. The van der Waals surface area contributed by atoms with Crippen molar-refractivity contribution in [2.24, 2.45) is 0 Å². The zero-order valence-corrected chi connectivity index (χ0v) is 26.5. The minimum atomic E-state index is -0.330. The van der Waals surface area contributed by atoms with E-state index in [2.05, 4.69) is 74.4 Å². The number of benzene rings is 1. The van der Waals surface area contributed by atoms with Gasteiger partial charge in [-0.2, -0.15) is 0 Å². The summed E-state index contributed by atoms with van der Waals surface area (Å²) in [4.78, 5) is 29.2. The standard InChI is InChI=1S/C16H14BrN3O2S.C7H5BrIN3S/c1-9-6-10(4-5-11(9)16(21)22-2)12-7-18-14-15(23-3)19-13(17)8-20(12)14;1-13-7-6-10-2-5(9)12(6)3-4(8)11-7/h4-8H,1-3H3;2-3H,1H3. The van der Waals surface area contributed by atoms with Crippen LogP contribution in [0.15, 0.2) is 62.2 Å². The Morgan fingerprint density at radius 3 is 2.14 bits per heavy atom. The molecular weight excluding hydrogens is 743 g/mol. The third-order valence-corrected chi connectivity index (χ3v) is 8.02. The van der Waals surface area contributed by atoms with E-state index >= 15 is 0 Å². The monoisotopic (exact) mass is 760 g/mol. The molecule has 13 heteroatoms. The summed E-state index contributed by atoms with van der Waals surface area (Å²) in [7, 11) is 1.38. The first-order valence-electron chi connectivity index (χ1n) is 10.3. The summed E-state index contributed by atoms with van der Waals surface area (Å²) < 4.78 is 11.5. The highest BCUT2D eigenvalue weighted by Gasteiger charge is 2.14. The van der Waals surface area contributed by atoms with Gasteiger partial charge >= 0.3 is 5.97 Å². The van der Waals surface area contributed by atoms with Crippen LogP contribution in [0, 0.1) is 10.6 Å². The average molecular weight is 762 g/mol. The lowest BCUT2D eigenvalue weighted by Crippen LogP contribution is -2.03. The van der Waals surface area contributed by atoms with Crippen molar-refractivity contribution in [3.05, 3.63) is 67.0 Å². The Labute approximate surface area is 246 Å². The largest absolute Gasteiger partial charge is 0.465 e. The molecule has 36 heavy (non-hydrogen) atoms. The van der Waals surface area contributed by atoms with Crippen molar-refractivity contribution in [2.45, 2.75) is 17.0 Å². The Morgan fingerprint density at radius 2 is 1.56 bits per heavy atom. The van der Waals surface area contributed by atoms with Gasteiger partial charge in [0, 0.05) is 18.0 Å². The summed E-state index contributed by atoms with van der Waals surface area (Å²) >= 11 is 12.2. The molecule has 0 unspecified atom stereocenters. The zero-order valence-electron chi connectivity index (χ0n) is 19.5. The smallest absolute Gasteiger partial charge is 0.338 e.